The van der Waals surface area contributed by atoms with Crippen molar-refractivity contribution < 1.29 is 9.18 Å². The predicted molar refractivity (Wildman–Crippen MR) is 92.2 cm³/mol. The molecule has 1 heterocycles. The minimum atomic E-state index is -0.503. The molecule has 0 fully saturated rings. The van der Waals surface area contributed by atoms with E-state index in [4.69, 9.17) is 0 Å². The van der Waals surface area contributed by atoms with Gasteiger partial charge in [0.05, 0.1) is 5.69 Å². The summed E-state index contributed by atoms with van der Waals surface area (Å²) < 4.78 is 13.5. The highest BCUT2D eigenvalue weighted by Gasteiger charge is 2.26. The first kappa shape index (κ1) is 18.1. The van der Waals surface area contributed by atoms with Gasteiger partial charge >= 0.3 is 0 Å². The molecule has 1 unspecified atom stereocenters. The Morgan fingerprint density at radius 2 is 2.00 bits per heavy atom. The second kappa shape index (κ2) is 7.57. The Bertz CT molecular complexity index is 691. The van der Waals surface area contributed by atoms with E-state index in [1.807, 2.05) is 32.8 Å². The van der Waals surface area contributed by atoms with Crippen molar-refractivity contribution in [3.05, 3.63) is 52.6 Å². The van der Waals surface area contributed by atoms with Crippen molar-refractivity contribution in [2.75, 3.05) is 27.7 Å². The Labute approximate surface area is 142 Å². The second-order valence-electron chi connectivity index (χ2n) is 6.34. The van der Waals surface area contributed by atoms with Crippen LogP contribution in [0.2, 0.25) is 0 Å². The first-order valence-corrected chi connectivity index (χ1v) is 7.98. The molecule has 1 N–H and O–H groups in total. The first-order valence-electron chi connectivity index (χ1n) is 7.98. The van der Waals surface area contributed by atoms with Gasteiger partial charge in [-0.15, -0.1) is 0 Å². The molecule has 0 bridgehead atoms. The Hall–Kier alpha value is -2.21. The van der Waals surface area contributed by atoms with E-state index in [1.54, 1.807) is 24.1 Å². The number of carbonyl (C=O) groups excluding carboxylic acids is 1. The summed E-state index contributed by atoms with van der Waals surface area (Å²) in [6, 6.07) is 5.71. The summed E-state index contributed by atoms with van der Waals surface area (Å²) in [7, 11) is 5.43. The fraction of sp³-hybridized carbons (Fsp3) is 0.444. The first-order chi connectivity index (χ1) is 11.3. The number of aromatic nitrogens is 2. The van der Waals surface area contributed by atoms with Crippen LogP contribution < -0.4 is 0 Å². The Kier molecular flexibility index (Phi) is 5.72. The van der Waals surface area contributed by atoms with Crippen molar-refractivity contribution in [2.45, 2.75) is 26.3 Å². The molecule has 6 heteroatoms. The fourth-order valence-corrected chi connectivity index (χ4v) is 2.88. The van der Waals surface area contributed by atoms with E-state index in [9.17, 15) is 9.18 Å². The molecule has 2 rings (SSSR count). The van der Waals surface area contributed by atoms with Crippen molar-refractivity contribution in [2.24, 2.45) is 0 Å². The van der Waals surface area contributed by atoms with E-state index in [1.165, 1.54) is 12.1 Å². The molecule has 1 atom stereocenters. The molecule has 0 aliphatic heterocycles. The predicted octanol–water partition coefficient (Wildman–Crippen LogP) is 2.47. The van der Waals surface area contributed by atoms with Crippen molar-refractivity contribution in [3.8, 4) is 0 Å². The molecule has 0 aliphatic rings. The van der Waals surface area contributed by atoms with Crippen LogP contribution in [0.25, 0.3) is 0 Å². The summed E-state index contributed by atoms with van der Waals surface area (Å²) in [5, 5.41) is 7.14. The summed E-state index contributed by atoms with van der Waals surface area (Å²) in [4.78, 5) is 16.4. The van der Waals surface area contributed by atoms with Crippen LogP contribution in [0, 0.1) is 19.7 Å². The number of rotatable bonds is 6. The number of nitrogens with zero attached hydrogens (tertiary/aromatic N) is 3. The van der Waals surface area contributed by atoms with Crippen LogP contribution in [-0.2, 0) is 11.2 Å². The highest BCUT2D eigenvalue weighted by Crippen LogP contribution is 2.22. The lowest BCUT2D eigenvalue weighted by Gasteiger charge is -2.28. The summed E-state index contributed by atoms with van der Waals surface area (Å²) in [6.45, 7) is 4.52. The standard InChI is InChI=1S/C18H25FN4O/c1-12-16(13(2)21-20-12)9-10-23(5)18(24)17(22(3)4)14-7-6-8-15(19)11-14/h6-8,11,17H,9-10H2,1-5H3,(H,20,21). The normalized spacial score (nSPS) is 12.5. The number of aromatic amines is 1. The van der Waals surface area contributed by atoms with E-state index in [2.05, 4.69) is 10.2 Å². The molecular formula is C18H25FN4O. The summed E-state index contributed by atoms with van der Waals surface area (Å²) in [6.07, 6.45) is 0.736. The zero-order valence-electron chi connectivity index (χ0n) is 14.9. The van der Waals surface area contributed by atoms with Gasteiger partial charge in [0.25, 0.3) is 0 Å². The van der Waals surface area contributed by atoms with Crippen molar-refractivity contribution in [1.29, 1.82) is 0 Å². The van der Waals surface area contributed by atoms with E-state index < -0.39 is 6.04 Å². The molecule has 0 aliphatic carbocycles. The average molecular weight is 332 g/mol. The van der Waals surface area contributed by atoms with Crippen LogP contribution >= 0.6 is 0 Å². The van der Waals surface area contributed by atoms with Crippen LogP contribution in [0.3, 0.4) is 0 Å². The molecule has 5 nitrogen and oxygen atoms in total. The molecule has 2 aromatic rings. The van der Waals surface area contributed by atoms with Crippen LogP contribution in [-0.4, -0.2) is 53.6 Å². The highest BCUT2D eigenvalue weighted by atomic mass is 19.1. The molecule has 1 aromatic carbocycles. The van der Waals surface area contributed by atoms with Crippen molar-refractivity contribution in [3.63, 3.8) is 0 Å². The van der Waals surface area contributed by atoms with Gasteiger partial charge in [0.1, 0.15) is 11.9 Å². The van der Waals surface area contributed by atoms with Gasteiger partial charge < -0.3 is 4.90 Å². The molecule has 0 saturated heterocycles. The van der Waals surface area contributed by atoms with E-state index >= 15 is 0 Å². The van der Waals surface area contributed by atoms with Crippen LogP contribution in [0.4, 0.5) is 4.39 Å². The van der Waals surface area contributed by atoms with Gasteiger partial charge in [-0.3, -0.25) is 14.8 Å². The number of aryl methyl sites for hydroxylation is 2. The third-order valence-electron chi connectivity index (χ3n) is 4.27. The second-order valence-corrected chi connectivity index (χ2v) is 6.34. The highest BCUT2D eigenvalue weighted by molar-refractivity contribution is 5.83. The van der Waals surface area contributed by atoms with Crippen molar-refractivity contribution in [1.82, 2.24) is 20.0 Å². The third kappa shape index (κ3) is 4.00. The summed E-state index contributed by atoms with van der Waals surface area (Å²) in [5.41, 5.74) is 3.79. The molecule has 0 saturated carbocycles. The monoisotopic (exact) mass is 332 g/mol. The number of benzene rings is 1. The molecule has 1 amide bonds. The maximum atomic E-state index is 13.5. The number of H-pyrrole nitrogens is 1. The van der Waals surface area contributed by atoms with Crippen LogP contribution in [0.1, 0.15) is 28.6 Å². The lowest BCUT2D eigenvalue weighted by atomic mass is 10.0. The quantitative estimate of drug-likeness (QED) is 0.884. The van der Waals surface area contributed by atoms with Crippen LogP contribution in [0.5, 0.6) is 0 Å². The van der Waals surface area contributed by atoms with Gasteiger partial charge in [-0.25, -0.2) is 4.39 Å². The van der Waals surface area contributed by atoms with Gasteiger partial charge in [-0.05, 0) is 57.6 Å². The molecule has 0 radical (unpaired) electrons. The number of hydrogen-bond acceptors (Lipinski definition) is 3. The van der Waals surface area contributed by atoms with Gasteiger partial charge in [0.15, 0.2) is 0 Å². The minimum Gasteiger partial charge on any atom is -0.344 e. The number of carbonyl (C=O) groups is 1. The van der Waals surface area contributed by atoms with Crippen molar-refractivity contribution >= 4 is 5.91 Å². The minimum absolute atomic E-state index is 0.0515. The van der Waals surface area contributed by atoms with Gasteiger partial charge in [-0.2, -0.15) is 5.10 Å². The lowest BCUT2D eigenvalue weighted by Crippen LogP contribution is -2.39. The molecule has 130 valence electrons. The number of amides is 1. The SMILES string of the molecule is Cc1n[nH]c(C)c1CCN(C)C(=O)C(c1cccc(F)c1)N(C)C. The van der Waals surface area contributed by atoms with E-state index in [0.717, 1.165) is 23.4 Å². The number of halogens is 1. The van der Waals surface area contributed by atoms with E-state index in [0.29, 0.717) is 12.1 Å². The largest absolute Gasteiger partial charge is 0.344 e. The lowest BCUT2D eigenvalue weighted by molar-refractivity contribution is -0.135. The Morgan fingerprint density at radius 3 is 2.54 bits per heavy atom. The molecule has 0 spiro atoms. The Balaban J connectivity index is 2.12. The molecule has 1 aromatic heterocycles. The Morgan fingerprint density at radius 1 is 1.29 bits per heavy atom. The molecule has 24 heavy (non-hydrogen) atoms. The zero-order chi connectivity index (χ0) is 17.9. The number of hydrogen-bond donors (Lipinski definition) is 1. The maximum Gasteiger partial charge on any atom is 0.244 e. The fourth-order valence-electron chi connectivity index (χ4n) is 2.88. The number of nitrogens with one attached hydrogen (secondary N) is 1. The van der Waals surface area contributed by atoms with Gasteiger partial charge in [0.2, 0.25) is 5.91 Å². The van der Waals surface area contributed by atoms with Gasteiger partial charge in [0, 0.05) is 19.3 Å². The summed E-state index contributed by atoms with van der Waals surface area (Å²) >= 11 is 0. The smallest absolute Gasteiger partial charge is 0.244 e. The number of likely N-dealkylation sites (N-methyl/N-ethyl adjacent to an activating group) is 2. The maximum absolute atomic E-state index is 13.5. The summed E-state index contributed by atoms with van der Waals surface area (Å²) in [5.74, 6) is -0.385. The topological polar surface area (TPSA) is 52.2 Å². The van der Waals surface area contributed by atoms with Crippen LogP contribution in [0.15, 0.2) is 24.3 Å². The zero-order valence-corrected chi connectivity index (χ0v) is 14.9. The molecular weight excluding hydrogens is 307 g/mol. The van der Waals surface area contributed by atoms with Gasteiger partial charge in [-0.1, -0.05) is 12.1 Å². The van der Waals surface area contributed by atoms with E-state index in [-0.39, 0.29) is 11.7 Å². The third-order valence-corrected chi connectivity index (χ3v) is 4.27. The average Bonchev–Trinajstić information content (AvgIpc) is 2.83.